The largest absolute Gasteiger partial charge is 0.478 e. The smallest absolute Gasteiger partial charge is 0.335 e. The van der Waals surface area contributed by atoms with Crippen LogP contribution < -0.4 is 0 Å². The minimum Gasteiger partial charge on any atom is -0.478 e. The monoisotopic (exact) mass is 286 g/mol. The molecule has 20 heavy (non-hydrogen) atoms. The number of hydrogen-bond acceptors (Lipinski definition) is 1. The van der Waals surface area contributed by atoms with Crippen molar-refractivity contribution in [3.8, 4) is 0 Å². The van der Waals surface area contributed by atoms with Crippen LogP contribution in [0.3, 0.4) is 0 Å². The number of halogens is 1. The molecule has 0 aromatic heterocycles. The minimum absolute atomic E-state index is 0.331. The zero-order valence-electron chi connectivity index (χ0n) is 10.8. The van der Waals surface area contributed by atoms with Crippen LogP contribution in [0.4, 0.5) is 0 Å². The third-order valence-corrected chi connectivity index (χ3v) is 2.44. The van der Waals surface area contributed by atoms with Crippen molar-refractivity contribution >= 4 is 23.6 Å². The molecule has 0 atom stereocenters. The van der Waals surface area contributed by atoms with Gasteiger partial charge in [0.1, 0.15) is 0 Å². The fourth-order valence-electron chi connectivity index (χ4n) is 1.35. The summed E-state index contributed by atoms with van der Waals surface area (Å²) in [4.78, 5) is 10.2. The van der Waals surface area contributed by atoms with E-state index in [4.69, 9.17) is 16.7 Å². The highest BCUT2D eigenvalue weighted by molar-refractivity contribution is 6.25. The molecule has 1 N–H and O–H groups in total. The van der Waals surface area contributed by atoms with Crippen molar-refractivity contribution in [3.05, 3.63) is 89.5 Å². The van der Waals surface area contributed by atoms with Gasteiger partial charge in [-0.05, 0) is 17.7 Å². The molecule has 0 aliphatic rings. The fraction of sp³-hybridized carbons (Fsp3) is 0. The molecule has 2 rings (SSSR count). The van der Waals surface area contributed by atoms with Crippen molar-refractivity contribution in [2.45, 2.75) is 0 Å². The van der Waals surface area contributed by atoms with Gasteiger partial charge in [0.2, 0.25) is 0 Å². The van der Waals surface area contributed by atoms with Gasteiger partial charge in [0.25, 0.3) is 0 Å². The summed E-state index contributed by atoms with van der Waals surface area (Å²) in [6.07, 6.45) is 5.69. The molecule has 0 unspecified atom stereocenters. The first-order valence-corrected chi connectivity index (χ1v) is 6.44. The SMILES string of the molecule is Cl/C=C/C=C/c1ccccc1.O=C(O)c1ccccc1. The van der Waals surface area contributed by atoms with Gasteiger partial charge in [0.05, 0.1) is 5.56 Å². The van der Waals surface area contributed by atoms with Gasteiger partial charge in [0.15, 0.2) is 0 Å². The molecule has 0 spiro atoms. The van der Waals surface area contributed by atoms with Gasteiger partial charge in [-0.2, -0.15) is 0 Å². The van der Waals surface area contributed by atoms with Crippen LogP contribution in [0.5, 0.6) is 0 Å². The van der Waals surface area contributed by atoms with Crippen molar-refractivity contribution in [2.24, 2.45) is 0 Å². The molecule has 102 valence electrons. The van der Waals surface area contributed by atoms with E-state index in [-0.39, 0.29) is 0 Å². The highest BCUT2D eigenvalue weighted by Crippen LogP contribution is 2.00. The van der Waals surface area contributed by atoms with E-state index in [1.165, 1.54) is 11.1 Å². The van der Waals surface area contributed by atoms with Crippen LogP contribution in [0.2, 0.25) is 0 Å². The normalized spacial score (nSPS) is 10.2. The Bertz CT molecular complexity index is 560. The van der Waals surface area contributed by atoms with E-state index < -0.39 is 5.97 Å². The van der Waals surface area contributed by atoms with Gasteiger partial charge < -0.3 is 5.11 Å². The van der Waals surface area contributed by atoms with E-state index in [1.54, 1.807) is 36.4 Å². The van der Waals surface area contributed by atoms with Crippen molar-refractivity contribution in [1.29, 1.82) is 0 Å². The van der Waals surface area contributed by atoms with Gasteiger partial charge in [0, 0.05) is 5.54 Å². The lowest BCUT2D eigenvalue weighted by Crippen LogP contribution is -1.93. The molecule has 0 saturated carbocycles. The lowest BCUT2D eigenvalue weighted by Gasteiger charge is -1.88. The van der Waals surface area contributed by atoms with Gasteiger partial charge in [-0.1, -0.05) is 78.4 Å². The Hall–Kier alpha value is -2.32. The standard InChI is InChI=1S/C10H9Cl.C7H6O2/c11-9-5-4-8-10-6-2-1-3-7-10;8-7(9)6-4-2-1-3-5-6/h1-9H;1-5H,(H,8,9)/b8-4+,9-5+;. The Morgan fingerprint density at radius 2 is 1.45 bits per heavy atom. The van der Waals surface area contributed by atoms with Crippen LogP contribution in [-0.4, -0.2) is 11.1 Å². The van der Waals surface area contributed by atoms with E-state index in [0.29, 0.717) is 5.56 Å². The number of carboxylic acids is 1. The quantitative estimate of drug-likeness (QED) is 0.820. The van der Waals surface area contributed by atoms with Crippen LogP contribution in [0.1, 0.15) is 15.9 Å². The second-order valence-corrected chi connectivity index (χ2v) is 4.01. The zero-order chi connectivity index (χ0) is 14.6. The average molecular weight is 287 g/mol. The van der Waals surface area contributed by atoms with E-state index >= 15 is 0 Å². The van der Waals surface area contributed by atoms with Crippen LogP contribution in [0, 0.1) is 0 Å². The first kappa shape index (κ1) is 15.7. The Labute approximate surface area is 123 Å². The van der Waals surface area contributed by atoms with E-state index in [9.17, 15) is 4.79 Å². The van der Waals surface area contributed by atoms with Crippen LogP contribution in [0.15, 0.2) is 78.4 Å². The Morgan fingerprint density at radius 1 is 0.900 bits per heavy atom. The van der Waals surface area contributed by atoms with Crippen molar-refractivity contribution in [3.63, 3.8) is 0 Å². The van der Waals surface area contributed by atoms with Crippen molar-refractivity contribution in [2.75, 3.05) is 0 Å². The number of carbonyl (C=O) groups is 1. The molecule has 0 fully saturated rings. The second kappa shape index (κ2) is 9.59. The van der Waals surface area contributed by atoms with Crippen molar-refractivity contribution in [1.82, 2.24) is 0 Å². The molecule has 0 bridgehead atoms. The van der Waals surface area contributed by atoms with Crippen LogP contribution >= 0.6 is 11.6 Å². The summed E-state index contributed by atoms with van der Waals surface area (Å²) in [6, 6.07) is 18.4. The second-order valence-electron chi connectivity index (χ2n) is 3.76. The zero-order valence-corrected chi connectivity index (χ0v) is 11.6. The number of hydrogen-bond donors (Lipinski definition) is 1. The predicted octanol–water partition coefficient (Wildman–Crippen LogP) is 4.84. The van der Waals surface area contributed by atoms with E-state index in [2.05, 4.69) is 0 Å². The molecule has 2 aromatic carbocycles. The summed E-state index contributed by atoms with van der Waals surface area (Å²) in [5, 5.41) is 8.38. The Morgan fingerprint density at radius 3 is 1.90 bits per heavy atom. The Kier molecular flexibility index (Phi) is 7.55. The number of carboxylic acid groups (broad SMARTS) is 1. The fourth-order valence-corrected chi connectivity index (χ4v) is 1.44. The van der Waals surface area contributed by atoms with Crippen molar-refractivity contribution < 1.29 is 9.90 Å². The highest BCUT2D eigenvalue weighted by atomic mass is 35.5. The number of rotatable bonds is 3. The maximum Gasteiger partial charge on any atom is 0.335 e. The molecule has 0 radical (unpaired) electrons. The average Bonchev–Trinajstić information content (AvgIpc) is 2.50. The maximum absolute atomic E-state index is 10.2. The first-order valence-electron chi connectivity index (χ1n) is 6.01. The lowest BCUT2D eigenvalue weighted by molar-refractivity contribution is 0.0697. The molecule has 0 amide bonds. The van der Waals surface area contributed by atoms with Gasteiger partial charge in [-0.25, -0.2) is 4.79 Å². The van der Waals surface area contributed by atoms with E-state index in [0.717, 1.165) is 0 Å². The molecular formula is C17H15ClO2. The van der Waals surface area contributed by atoms with Crippen LogP contribution in [-0.2, 0) is 0 Å². The summed E-state index contributed by atoms with van der Waals surface area (Å²) >= 11 is 5.34. The molecule has 2 nitrogen and oxygen atoms in total. The number of benzene rings is 2. The molecule has 0 aliphatic carbocycles. The summed E-state index contributed by atoms with van der Waals surface area (Å²) < 4.78 is 0. The summed E-state index contributed by atoms with van der Waals surface area (Å²) in [5.41, 5.74) is 3.00. The highest BCUT2D eigenvalue weighted by Gasteiger charge is 1.96. The van der Waals surface area contributed by atoms with Gasteiger partial charge in [-0.3, -0.25) is 0 Å². The minimum atomic E-state index is -0.879. The molecular weight excluding hydrogens is 272 g/mol. The topological polar surface area (TPSA) is 37.3 Å². The van der Waals surface area contributed by atoms with Crippen LogP contribution in [0.25, 0.3) is 6.08 Å². The molecule has 0 saturated heterocycles. The van der Waals surface area contributed by atoms with E-state index in [1.807, 2.05) is 42.5 Å². The van der Waals surface area contributed by atoms with Gasteiger partial charge in [-0.15, -0.1) is 0 Å². The molecule has 0 aliphatic heterocycles. The third-order valence-electron chi connectivity index (χ3n) is 2.29. The summed E-state index contributed by atoms with van der Waals surface area (Å²) in [5.74, 6) is -0.879. The number of aromatic carboxylic acids is 1. The molecule has 3 heteroatoms. The molecule has 2 aromatic rings. The van der Waals surface area contributed by atoms with Gasteiger partial charge >= 0.3 is 5.97 Å². The predicted molar refractivity (Wildman–Crippen MR) is 83.9 cm³/mol. The summed E-state index contributed by atoms with van der Waals surface area (Å²) in [7, 11) is 0. The first-order chi connectivity index (χ1) is 9.74. The molecule has 0 heterocycles. The number of allylic oxidation sites excluding steroid dienone is 2. The maximum atomic E-state index is 10.2. The summed E-state index contributed by atoms with van der Waals surface area (Å²) in [6.45, 7) is 0. The Balaban J connectivity index is 0.000000204. The lowest BCUT2D eigenvalue weighted by atomic mass is 10.2. The third kappa shape index (κ3) is 6.57.